The molecule has 0 bridgehead atoms. The molecule has 4 rings (SSSR count). The lowest BCUT2D eigenvalue weighted by Crippen LogP contribution is -2.50. The van der Waals surface area contributed by atoms with E-state index in [1.165, 1.54) is 0 Å². The number of hydrogen-bond acceptors (Lipinski definition) is 5. The normalized spacial score (nSPS) is 16.4. The minimum atomic E-state index is -0.220. The van der Waals surface area contributed by atoms with Crippen molar-refractivity contribution < 1.29 is 14.4 Å². The number of carbonyl (C=O) groups excluding carboxylic acids is 3. The quantitative estimate of drug-likeness (QED) is 0.736. The number of rotatable bonds is 6. The van der Waals surface area contributed by atoms with Crippen molar-refractivity contribution in [2.45, 2.75) is 46.2 Å². The largest absolute Gasteiger partial charge is 0.353 e. The highest BCUT2D eigenvalue weighted by Gasteiger charge is 2.33. The van der Waals surface area contributed by atoms with Gasteiger partial charge in [-0.25, -0.2) is 0 Å². The molecule has 4 heterocycles. The van der Waals surface area contributed by atoms with Crippen LogP contribution in [-0.2, 0) is 35.5 Å². The first-order valence-electron chi connectivity index (χ1n) is 10.9. The van der Waals surface area contributed by atoms with Crippen LogP contribution in [0.25, 0.3) is 0 Å². The number of piperazine rings is 1. The summed E-state index contributed by atoms with van der Waals surface area (Å²) in [6.45, 7) is 7.07. The molecule has 3 amide bonds. The van der Waals surface area contributed by atoms with E-state index in [2.05, 4.69) is 19.2 Å². The average Bonchev–Trinajstić information content (AvgIpc) is 3.39. The summed E-state index contributed by atoms with van der Waals surface area (Å²) < 4.78 is 1.95. The molecule has 2 aromatic heterocycles. The van der Waals surface area contributed by atoms with Crippen molar-refractivity contribution in [3.63, 3.8) is 0 Å². The van der Waals surface area contributed by atoms with Gasteiger partial charge in [0.2, 0.25) is 11.8 Å². The fourth-order valence-electron chi connectivity index (χ4n) is 4.08. The van der Waals surface area contributed by atoms with E-state index in [0.29, 0.717) is 50.6 Å². The number of thiophene rings is 1. The molecule has 0 saturated carbocycles. The second kappa shape index (κ2) is 9.21. The lowest BCUT2D eigenvalue weighted by atomic mass is 10.0. The number of carbonyl (C=O) groups is 3. The number of nitrogens with zero attached hydrogens (tertiary/aromatic N) is 4. The number of aromatic nitrogens is 2. The molecule has 8 nitrogen and oxygen atoms in total. The molecular formula is C22H29N5O3S. The van der Waals surface area contributed by atoms with E-state index in [9.17, 15) is 14.4 Å². The van der Waals surface area contributed by atoms with Crippen LogP contribution in [0.1, 0.15) is 46.9 Å². The van der Waals surface area contributed by atoms with Crippen LogP contribution >= 0.6 is 11.3 Å². The Bertz CT molecular complexity index is 966. The van der Waals surface area contributed by atoms with Gasteiger partial charge in [0.15, 0.2) is 5.69 Å². The highest BCUT2D eigenvalue weighted by Crippen LogP contribution is 2.26. The summed E-state index contributed by atoms with van der Waals surface area (Å²) in [4.78, 5) is 42.4. The average molecular weight is 444 g/mol. The van der Waals surface area contributed by atoms with E-state index in [-0.39, 0.29) is 24.3 Å². The highest BCUT2D eigenvalue weighted by molar-refractivity contribution is 7.10. The van der Waals surface area contributed by atoms with E-state index >= 15 is 0 Å². The number of amides is 3. The van der Waals surface area contributed by atoms with Gasteiger partial charge in [-0.3, -0.25) is 19.1 Å². The standard InChI is InChI=1S/C22H29N5O3S/c1-15(2)5-9-27-18-6-8-25(20(29)12-16-4-3-11-31-16)13-17(18)21(24-27)22(30)26-10-7-23-19(28)14-26/h3-4,11,15H,5-10,12-14H2,1-2H3,(H,23,28). The Balaban J connectivity index is 1.58. The third-order valence-corrected chi connectivity index (χ3v) is 6.72. The molecule has 31 heavy (non-hydrogen) atoms. The molecule has 2 aliphatic rings. The van der Waals surface area contributed by atoms with Crippen molar-refractivity contribution >= 4 is 29.1 Å². The number of aryl methyl sites for hydroxylation is 1. The third kappa shape index (κ3) is 4.81. The predicted octanol–water partition coefficient (Wildman–Crippen LogP) is 1.69. The molecule has 0 unspecified atom stereocenters. The van der Waals surface area contributed by atoms with Gasteiger partial charge in [-0.2, -0.15) is 5.10 Å². The molecule has 166 valence electrons. The van der Waals surface area contributed by atoms with Crippen molar-refractivity contribution in [2.24, 2.45) is 5.92 Å². The van der Waals surface area contributed by atoms with E-state index in [4.69, 9.17) is 5.10 Å². The van der Waals surface area contributed by atoms with Crippen LogP contribution in [0, 0.1) is 5.92 Å². The molecular weight excluding hydrogens is 414 g/mol. The van der Waals surface area contributed by atoms with Crippen molar-refractivity contribution in [3.05, 3.63) is 39.3 Å². The summed E-state index contributed by atoms with van der Waals surface area (Å²) in [6, 6.07) is 3.92. The molecule has 0 spiro atoms. The van der Waals surface area contributed by atoms with Crippen molar-refractivity contribution in [1.82, 2.24) is 24.9 Å². The summed E-state index contributed by atoms with van der Waals surface area (Å²) in [5.41, 5.74) is 2.28. The van der Waals surface area contributed by atoms with Crippen LogP contribution in [-0.4, -0.2) is 63.5 Å². The molecule has 0 radical (unpaired) electrons. The Morgan fingerprint density at radius 2 is 2.06 bits per heavy atom. The van der Waals surface area contributed by atoms with Gasteiger partial charge in [0.25, 0.3) is 5.91 Å². The second-order valence-electron chi connectivity index (χ2n) is 8.58. The molecule has 0 aromatic carbocycles. The van der Waals surface area contributed by atoms with Gasteiger partial charge in [0.1, 0.15) is 0 Å². The topological polar surface area (TPSA) is 87.5 Å². The van der Waals surface area contributed by atoms with Gasteiger partial charge in [-0.05, 0) is 23.8 Å². The number of nitrogens with one attached hydrogen (secondary N) is 1. The minimum absolute atomic E-state index is 0.0491. The van der Waals surface area contributed by atoms with Crippen LogP contribution in [0.3, 0.4) is 0 Å². The Hall–Kier alpha value is -2.68. The minimum Gasteiger partial charge on any atom is -0.353 e. The lowest BCUT2D eigenvalue weighted by molar-refractivity contribution is -0.131. The first-order valence-corrected chi connectivity index (χ1v) is 11.7. The van der Waals surface area contributed by atoms with Gasteiger partial charge in [0.05, 0.1) is 13.0 Å². The fourth-order valence-corrected chi connectivity index (χ4v) is 4.77. The lowest BCUT2D eigenvalue weighted by Gasteiger charge is -2.29. The highest BCUT2D eigenvalue weighted by atomic mass is 32.1. The first-order chi connectivity index (χ1) is 14.9. The van der Waals surface area contributed by atoms with Crippen LogP contribution in [0.4, 0.5) is 0 Å². The first kappa shape index (κ1) is 21.5. The maximum Gasteiger partial charge on any atom is 0.275 e. The van der Waals surface area contributed by atoms with Gasteiger partial charge >= 0.3 is 0 Å². The molecule has 0 aliphatic carbocycles. The molecule has 1 saturated heterocycles. The van der Waals surface area contributed by atoms with Crippen LogP contribution < -0.4 is 5.32 Å². The van der Waals surface area contributed by atoms with Crippen LogP contribution in [0.5, 0.6) is 0 Å². The molecule has 2 aromatic rings. The Morgan fingerprint density at radius 3 is 2.77 bits per heavy atom. The zero-order valence-electron chi connectivity index (χ0n) is 18.1. The summed E-state index contributed by atoms with van der Waals surface area (Å²) in [6.07, 6.45) is 2.03. The third-order valence-electron chi connectivity index (χ3n) is 5.84. The van der Waals surface area contributed by atoms with Crippen LogP contribution in [0.15, 0.2) is 17.5 Å². The maximum atomic E-state index is 13.3. The maximum absolute atomic E-state index is 13.3. The zero-order chi connectivity index (χ0) is 22.0. The van der Waals surface area contributed by atoms with Crippen LogP contribution in [0.2, 0.25) is 0 Å². The molecule has 0 atom stereocenters. The van der Waals surface area contributed by atoms with Gasteiger partial charge in [0, 0.05) is 55.3 Å². The smallest absolute Gasteiger partial charge is 0.275 e. The van der Waals surface area contributed by atoms with E-state index in [1.807, 2.05) is 27.1 Å². The Morgan fingerprint density at radius 1 is 1.23 bits per heavy atom. The molecule has 1 N–H and O–H groups in total. The van der Waals surface area contributed by atoms with E-state index < -0.39 is 0 Å². The summed E-state index contributed by atoms with van der Waals surface area (Å²) in [5.74, 6) is 0.221. The summed E-state index contributed by atoms with van der Waals surface area (Å²) in [5, 5.41) is 9.42. The predicted molar refractivity (Wildman–Crippen MR) is 118 cm³/mol. The van der Waals surface area contributed by atoms with Gasteiger partial charge < -0.3 is 15.1 Å². The SMILES string of the molecule is CC(C)CCn1nc(C(=O)N2CCNC(=O)C2)c2c1CCN(C(=O)Cc1cccs1)C2. The van der Waals surface area contributed by atoms with Crippen molar-refractivity contribution in [2.75, 3.05) is 26.2 Å². The van der Waals surface area contributed by atoms with Gasteiger partial charge in [-0.15, -0.1) is 11.3 Å². The molecule has 1 fully saturated rings. The Kier molecular flexibility index (Phi) is 6.41. The number of hydrogen-bond donors (Lipinski definition) is 1. The van der Waals surface area contributed by atoms with Crippen molar-refractivity contribution in [3.8, 4) is 0 Å². The molecule has 9 heteroatoms. The van der Waals surface area contributed by atoms with E-state index in [0.717, 1.165) is 29.1 Å². The van der Waals surface area contributed by atoms with E-state index in [1.54, 1.807) is 16.2 Å². The monoisotopic (exact) mass is 443 g/mol. The number of fused-ring (bicyclic) bond motifs is 1. The Labute approximate surface area is 186 Å². The summed E-state index contributed by atoms with van der Waals surface area (Å²) in [7, 11) is 0. The zero-order valence-corrected chi connectivity index (χ0v) is 18.9. The summed E-state index contributed by atoms with van der Waals surface area (Å²) >= 11 is 1.58. The van der Waals surface area contributed by atoms with Gasteiger partial charge in [-0.1, -0.05) is 19.9 Å². The molecule has 2 aliphatic heterocycles. The van der Waals surface area contributed by atoms with Crippen molar-refractivity contribution in [1.29, 1.82) is 0 Å². The fraction of sp³-hybridized carbons (Fsp3) is 0.545. The second-order valence-corrected chi connectivity index (χ2v) is 9.61.